The number of rotatable bonds is 6. The number of amides is 1. The lowest BCUT2D eigenvalue weighted by Gasteiger charge is -2.38. The molecule has 1 N–H and O–H groups in total. The summed E-state index contributed by atoms with van der Waals surface area (Å²) in [5.74, 6) is 0.840. The molecule has 1 aliphatic rings. The number of ether oxygens (including phenoxy) is 2. The number of carbonyl (C=O) groups excluding carboxylic acids is 1. The van der Waals surface area contributed by atoms with Crippen LogP contribution < -0.4 is 10.1 Å². The zero-order valence-corrected chi connectivity index (χ0v) is 14.0. The molecular weight excluding hydrogens is 304 g/mol. The Bertz CT molecular complexity index is 700. The van der Waals surface area contributed by atoms with Gasteiger partial charge in [0, 0.05) is 19.3 Å². The van der Waals surface area contributed by atoms with Crippen molar-refractivity contribution in [2.75, 3.05) is 32.2 Å². The van der Waals surface area contributed by atoms with E-state index in [4.69, 9.17) is 9.47 Å². The first-order valence-corrected chi connectivity index (χ1v) is 8.13. The van der Waals surface area contributed by atoms with E-state index in [2.05, 4.69) is 5.32 Å². The molecule has 2 aromatic rings. The van der Waals surface area contributed by atoms with Crippen molar-refractivity contribution in [2.45, 2.75) is 13.1 Å². The number of hydrogen-bond donors (Lipinski definition) is 1. The second kappa shape index (κ2) is 7.36. The molecule has 0 radical (unpaired) electrons. The normalized spacial score (nSPS) is 16.5. The fourth-order valence-corrected chi connectivity index (χ4v) is 2.89. The van der Waals surface area contributed by atoms with Crippen LogP contribution in [0.3, 0.4) is 0 Å². The van der Waals surface area contributed by atoms with Gasteiger partial charge in [-0.3, -0.25) is 4.79 Å². The molecule has 5 heteroatoms. The number of carbonyl (C=O) groups is 1. The fourth-order valence-electron chi connectivity index (χ4n) is 2.89. The van der Waals surface area contributed by atoms with Crippen LogP contribution in [0.25, 0.3) is 0 Å². The van der Waals surface area contributed by atoms with Gasteiger partial charge in [-0.25, -0.2) is 0 Å². The predicted molar refractivity (Wildman–Crippen MR) is 93.3 cm³/mol. The average Bonchev–Trinajstić information content (AvgIpc) is 2.62. The first-order chi connectivity index (χ1) is 11.7. The number of methoxy groups -OCH3 is 1. The van der Waals surface area contributed by atoms with E-state index in [-0.39, 0.29) is 12.1 Å². The molecule has 0 saturated heterocycles. The monoisotopic (exact) mass is 326 g/mol. The van der Waals surface area contributed by atoms with Gasteiger partial charge in [-0.15, -0.1) is 0 Å². The van der Waals surface area contributed by atoms with Gasteiger partial charge in [-0.1, -0.05) is 24.3 Å². The molecule has 1 amide bonds. The van der Waals surface area contributed by atoms with Crippen LogP contribution in [-0.2, 0) is 4.74 Å². The van der Waals surface area contributed by atoms with Gasteiger partial charge in [0.1, 0.15) is 11.9 Å². The van der Waals surface area contributed by atoms with Crippen molar-refractivity contribution < 1.29 is 14.3 Å². The van der Waals surface area contributed by atoms with Crippen molar-refractivity contribution in [2.24, 2.45) is 0 Å². The molecule has 0 aliphatic carbocycles. The Kier molecular flexibility index (Phi) is 5.01. The smallest absolute Gasteiger partial charge is 0.257 e. The van der Waals surface area contributed by atoms with E-state index >= 15 is 0 Å². The lowest BCUT2D eigenvalue weighted by atomic mass is 10.0. The van der Waals surface area contributed by atoms with E-state index in [1.807, 2.05) is 60.4 Å². The molecule has 1 unspecified atom stereocenters. The Hall–Kier alpha value is -2.53. The fraction of sp³-hybridized carbons (Fsp3) is 0.316. The minimum absolute atomic E-state index is 0.0142. The first kappa shape index (κ1) is 16.3. The summed E-state index contributed by atoms with van der Waals surface area (Å²) in [5.41, 5.74) is 2.56. The summed E-state index contributed by atoms with van der Waals surface area (Å²) in [5, 5.41) is 3.46. The third kappa shape index (κ3) is 3.21. The van der Waals surface area contributed by atoms with E-state index in [9.17, 15) is 4.79 Å². The van der Waals surface area contributed by atoms with Gasteiger partial charge in [0.15, 0.2) is 0 Å². The molecule has 126 valence electrons. The highest BCUT2D eigenvalue weighted by Gasteiger charge is 2.32. The summed E-state index contributed by atoms with van der Waals surface area (Å²) < 4.78 is 10.7. The molecule has 0 bridgehead atoms. The molecule has 2 aromatic carbocycles. The topological polar surface area (TPSA) is 50.8 Å². The lowest BCUT2D eigenvalue weighted by Crippen LogP contribution is -2.44. The standard InChI is InChI=1S/C19H22N2O3/c1-3-24-15-10-8-14(9-11-15)18-20-17-7-5-4-6-16(17)19(22)21(18)12-13-23-2/h4-11,18,20H,3,12-13H2,1-2H3. The van der Waals surface area contributed by atoms with Gasteiger partial charge >= 0.3 is 0 Å². The van der Waals surface area contributed by atoms with Gasteiger partial charge < -0.3 is 19.7 Å². The van der Waals surface area contributed by atoms with E-state index in [0.717, 1.165) is 17.0 Å². The second-order valence-electron chi connectivity index (χ2n) is 5.59. The molecule has 0 fully saturated rings. The van der Waals surface area contributed by atoms with Crippen LogP contribution in [0.1, 0.15) is 29.0 Å². The van der Waals surface area contributed by atoms with Gasteiger partial charge in [0.05, 0.1) is 18.8 Å². The highest BCUT2D eigenvalue weighted by atomic mass is 16.5. The van der Waals surface area contributed by atoms with Crippen LogP contribution in [0.2, 0.25) is 0 Å². The SMILES string of the molecule is CCOc1ccc(C2Nc3ccccc3C(=O)N2CCOC)cc1. The van der Waals surface area contributed by atoms with Gasteiger partial charge in [0.2, 0.25) is 0 Å². The number of benzene rings is 2. The minimum Gasteiger partial charge on any atom is -0.494 e. The number of anilines is 1. The summed E-state index contributed by atoms with van der Waals surface area (Å²) >= 11 is 0. The summed E-state index contributed by atoms with van der Waals surface area (Å²) in [6.07, 6.45) is -0.224. The third-order valence-electron chi connectivity index (χ3n) is 4.07. The number of nitrogens with zero attached hydrogens (tertiary/aromatic N) is 1. The molecule has 0 saturated carbocycles. The third-order valence-corrected chi connectivity index (χ3v) is 4.07. The summed E-state index contributed by atoms with van der Waals surface area (Å²) in [7, 11) is 1.64. The molecule has 5 nitrogen and oxygen atoms in total. The predicted octanol–water partition coefficient (Wildman–Crippen LogP) is 3.30. The number of fused-ring (bicyclic) bond motifs is 1. The molecular formula is C19H22N2O3. The second-order valence-corrected chi connectivity index (χ2v) is 5.59. The maximum atomic E-state index is 12.9. The molecule has 1 atom stereocenters. The Labute approximate surface area is 142 Å². The van der Waals surface area contributed by atoms with Gasteiger partial charge in [-0.05, 0) is 36.8 Å². The highest BCUT2D eigenvalue weighted by molar-refractivity contribution is 6.01. The quantitative estimate of drug-likeness (QED) is 0.885. The Morgan fingerprint density at radius 2 is 1.88 bits per heavy atom. The zero-order chi connectivity index (χ0) is 16.9. The molecule has 24 heavy (non-hydrogen) atoms. The summed E-state index contributed by atoms with van der Waals surface area (Å²) in [4.78, 5) is 14.7. The van der Waals surface area contributed by atoms with Crippen molar-refractivity contribution in [3.8, 4) is 5.75 Å². The molecule has 1 aliphatic heterocycles. The van der Waals surface area contributed by atoms with Crippen LogP contribution >= 0.6 is 0 Å². The maximum Gasteiger partial charge on any atom is 0.257 e. The molecule has 1 heterocycles. The van der Waals surface area contributed by atoms with Crippen LogP contribution in [-0.4, -0.2) is 37.7 Å². The summed E-state index contributed by atoms with van der Waals surface area (Å²) in [6, 6.07) is 15.4. The van der Waals surface area contributed by atoms with E-state index in [1.54, 1.807) is 7.11 Å². The van der Waals surface area contributed by atoms with Crippen LogP contribution in [0.5, 0.6) is 5.75 Å². The van der Waals surface area contributed by atoms with E-state index in [1.165, 1.54) is 0 Å². The Morgan fingerprint density at radius 3 is 2.58 bits per heavy atom. The number of para-hydroxylation sites is 1. The number of hydrogen-bond acceptors (Lipinski definition) is 4. The first-order valence-electron chi connectivity index (χ1n) is 8.13. The van der Waals surface area contributed by atoms with Crippen LogP contribution in [0, 0.1) is 0 Å². The average molecular weight is 326 g/mol. The van der Waals surface area contributed by atoms with Crippen LogP contribution in [0.4, 0.5) is 5.69 Å². The summed E-state index contributed by atoms with van der Waals surface area (Å²) in [6.45, 7) is 3.60. The van der Waals surface area contributed by atoms with Crippen molar-refractivity contribution in [1.29, 1.82) is 0 Å². The van der Waals surface area contributed by atoms with Crippen LogP contribution in [0.15, 0.2) is 48.5 Å². The van der Waals surface area contributed by atoms with Crippen molar-refractivity contribution in [1.82, 2.24) is 4.90 Å². The molecule has 3 rings (SSSR count). The van der Waals surface area contributed by atoms with Gasteiger partial charge in [-0.2, -0.15) is 0 Å². The highest BCUT2D eigenvalue weighted by Crippen LogP contribution is 2.33. The van der Waals surface area contributed by atoms with E-state index < -0.39 is 0 Å². The molecule has 0 aromatic heterocycles. The maximum absolute atomic E-state index is 12.9. The molecule has 0 spiro atoms. The largest absolute Gasteiger partial charge is 0.494 e. The minimum atomic E-state index is -0.224. The van der Waals surface area contributed by atoms with Crippen molar-refractivity contribution in [3.05, 3.63) is 59.7 Å². The van der Waals surface area contributed by atoms with Gasteiger partial charge in [0.25, 0.3) is 5.91 Å². The Morgan fingerprint density at radius 1 is 1.12 bits per heavy atom. The van der Waals surface area contributed by atoms with Crippen molar-refractivity contribution >= 4 is 11.6 Å². The van der Waals surface area contributed by atoms with E-state index in [0.29, 0.717) is 25.3 Å². The number of nitrogens with one attached hydrogen (secondary N) is 1. The lowest BCUT2D eigenvalue weighted by molar-refractivity contribution is 0.0609. The Balaban J connectivity index is 1.92. The zero-order valence-electron chi connectivity index (χ0n) is 14.0. The van der Waals surface area contributed by atoms with Crippen molar-refractivity contribution in [3.63, 3.8) is 0 Å².